The average Bonchev–Trinajstić information content (AvgIpc) is 1.75. The van der Waals surface area contributed by atoms with Gasteiger partial charge in [-0.15, -0.1) is 6.42 Å². The Morgan fingerprint density at radius 3 is 2.04 bits per heavy atom. The number of nitrogens with zero attached hydrogens (tertiary/aromatic N) is 3. The molecule has 0 saturated carbocycles. The van der Waals surface area contributed by atoms with Gasteiger partial charge in [-0.25, -0.2) is 14.4 Å². The fourth-order valence-electron chi connectivity index (χ4n) is 10.8. The van der Waals surface area contributed by atoms with Crippen molar-refractivity contribution in [1.82, 2.24) is 36.1 Å². The molecule has 5 atom stereocenters. The van der Waals surface area contributed by atoms with Crippen LogP contribution in [0, 0.1) is 36.5 Å². The number of aryl methyl sites for hydroxylation is 2. The summed E-state index contributed by atoms with van der Waals surface area (Å²) in [4.78, 5) is 124. The molecule has 0 radical (unpaired) electrons. The summed E-state index contributed by atoms with van der Waals surface area (Å²) in [6.07, 6.45) is 8.41. The Labute approximate surface area is 534 Å². The Morgan fingerprint density at radius 1 is 0.791 bits per heavy atom. The number of nitrogens with two attached hydrogens (primary N) is 1. The molecule has 22 nitrogen and oxygen atoms in total. The highest BCUT2D eigenvalue weighted by Gasteiger charge is 2.43. The zero-order chi connectivity index (χ0) is 67.7. The Hall–Kier alpha value is -9.49. The van der Waals surface area contributed by atoms with Gasteiger partial charge in [-0.3, -0.25) is 34.1 Å². The number of nitrogens with one attached hydrogen (secondary N) is 7. The number of primary amides is 1. The Kier molecular flexibility index (Phi) is 25.7. The number of carboxylic acid groups (broad SMARTS) is 1. The van der Waals surface area contributed by atoms with Gasteiger partial charge >= 0.3 is 18.1 Å². The molecule has 10 N–H and O–H groups in total. The second kappa shape index (κ2) is 32.3. The first kappa shape index (κ1) is 72.3. The third-order valence-corrected chi connectivity index (χ3v) is 16.1. The predicted molar refractivity (Wildman–Crippen MR) is 353 cm³/mol. The second-order valence-corrected chi connectivity index (χ2v) is 25.2. The minimum Gasteiger partial charge on any atom is -0.478 e. The van der Waals surface area contributed by atoms with Gasteiger partial charge in [0.1, 0.15) is 24.7 Å². The highest BCUT2D eigenvalue weighted by atomic mass is 16.5. The molecule has 0 aliphatic heterocycles. The van der Waals surface area contributed by atoms with Crippen LogP contribution >= 0.6 is 0 Å². The summed E-state index contributed by atoms with van der Waals surface area (Å²) in [5.74, 6) is -1.90. The number of aromatic nitrogens is 1. The Balaban J connectivity index is 1.22. The van der Waals surface area contributed by atoms with Crippen LogP contribution in [0.3, 0.4) is 0 Å². The lowest BCUT2D eigenvalue weighted by molar-refractivity contribution is -0.141. The maximum atomic E-state index is 14.5. The lowest BCUT2D eigenvalue weighted by atomic mass is 9.76. The number of hydrogen-bond acceptors (Lipinski definition) is 11. The Bertz CT molecular complexity index is 3520. The second-order valence-electron chi connectivity index (χ2n) is 25.2. The number of likely N-dealkylation sites (N-methyl/N-ethyl adjacent to an activating group) is 2. The number of amides is 9. The van der Waals surface area contributed by atoms with Crippen LogP contribution in [0.4, 0.5) is 26.7 Å². The number of ether oxygens (including phenoxy) is 1. The molecule has 488 valence electrons. The summed E-state index contributed by atoms with van der Waals surface area (Å²) in [7, 11) is 5.16. The molecule has 0 aliphatic rings. The molecular weight excluding hydrogens is 1160 g/mol. The summed E-state index contributed by atoms with van der Waals surface area (Å²) >= 11 is 0. The number of terminal acetylenes is 1. The van der Waals surface area contributed by atoms with Crippen molar-refractivity contribution < 1.29 is 53.0 Å². The monoisotopic (exact) mass is 1250 g/mol. The van der Waals surface area contributed by atoms with E-state index in [2.05, 4.69) is 43.1 Å². The van der Waals surface area contributed by atoms with Crippen molar-refractivity contribution in [1.29, 1.82) is 0 Å². The minimum absolute atomic E-state index is 0.0746. The number of carbonyl (C=O) groups excluding carboxylic acids is 8. The SMILES string of the molecule is C#Cc1ccccc1CN(C(=O)CCC(=O)N[C@H](C(=O)N[C@@H](CCCNC(N)=O)C(=O)Nc1ccc(COC(=O)Nc2ccc3c(c2)c(C(C)(C)C(NC)C(=O)N[C@H](C(=O)N(C)[C@H](/C=C(\C)C(=O)O)C(C)C)C(C)(C)C)cn3C)cc1)C(C)C)c1ccccc1C. The van der Waals surface area contributed by atoms with E-state index in [1.165, 1.54) is 11.8 Å². The van der Waals surface area contributed by atoms with E-state index in [0.717, 1.165) is 27.6 Å². The van der Waals surface area contributed by atoms with E-state index in [0.29, 0.717) is 28.2 Å². The third kappa shape index (κ3) is 19.8. The lowest BCUT2D eigenvalue weighted by Gasteiger charge is -2.39. The van der Waals surface area contributed by atoms with Crippen molar-refractivity contribution in [3.63, 3.8) is 0 Å². The van der Waals surface area contributed by atoms with E-state index in [4.69, 9.17) is 16.9 Å². The van der Waals surface area contributed by atoms with Crippen molar-refractivity contribution in [2.45, 2.75) is 151 Å². The number of benzene rings is 4. The summed E-state index contributed by atoms with van der Waals surface area (Å²) < 4.78 is 7.54. The molecule has 0 fully saturated rings. The average molecular weight is 1250 g/mol. The largest absolute Gasteiger partial charge is 0.478 e. The fraction of sp³-hybridized carbons (Fsp3) is 0.435. The van der Waals surface area contributed by atoms with Gasteiger partial charge in [-0.05, 0) is 116 Å². The Morgan fingerprint density at radius 2 is 1.44 bits per heavy atom. The molecule has 4 aromatic carbocycles. The molecule has 1 unspecified atom stereocenters. The lowest BCUT2D eigenvalue weighted by Crippen LogP contribution is -2.61. The number of aliphatic carboxylic acids is 1. The van der Waals surface area contributed by atoms with Gasteiger partial charge in [0.2, 0.25) is 35.4 Å². The number of para-hydroxylation sites is 1. The van der Waals surface area contributed by atoms with Gasteiger partial charge in [0.15, 0.2) is 0 Å². The highest BCUT2D eigenvalue weighted by Crippen LogP contribution is 2.37. The van der Waals surface area contributed by atoms with Crippen LogP contribution in [0.1, 0.15) is 123 Å². The first-order valence-electron chi connectivity index (χ1n) is 30.4. The van der Waals surface area contributed by atoms with Crippen molar-refractivity contribution in [2.24, 2.45) is 30.0 Å². The van der Waals surface area contributed by atoms with E-state index in [1.54, 1.807) is 81.4 Å². The van der Waals surface area contributed by atoms with E-state index in [-0.39, 0.29) is 68.7 Å². The van der Waals surface area contributed by atoms with E-state index >= 15 is 0 Å². The maximum absolute atomic E-state index is 14.5. The van der Waals surface area contributed by atoms with E-state index in [9.17, 15) is 48.3 Å². The molecule has 0 spiro atoms. The zero-order valence-electron chi connectivity index (χ0n) is 54.8. The summed E-state index contributed by atoms with van der Waals surface area (Å²) in [5, 5.41) is 30.2. The molecule has 91 heavy (non-hydrogen) atoms. The topological polar surface area (TPSA) is 305 Å². The van der Waals surface area contributed by atoms with E-state index in [1.807, 2.05) is 122 Å². The summed E-state index contributed by atoms with van der Waals surface area (Å²) in [5.41, 5.74) is 9.59. The number of carboxylic acids is 1. The molecule has 5 aromatic rings. The normalized spacial score (nSPS) is 13.4. The number of carbonyl (C=O) groups is 9. The molecule has 1 aromatic heterocycles. The smallest absolute Gasteiger partial charge is 0.411 e. The number of urea groups is 1. The quantitative estimate of drug-likeness (QED) is 0.0124. The van der Waals surface area contributed by atoms with Crippen LogP contribution < -0.4 is 47.9 Å². The van der Waals surface area contributed by atoms with Gasteiger partial charge in [0.05, 0.1) is 18.6 Å². The summed E-state index contributed by atoms with van der Waals surface area (Å²) in [6.45, 7) is 20.2. The zero-order valence-corrected chi connectivity index (χ0v) is 54.8. The first-order chi connectivity index (χ1) is 42.8. The molecule has 0 saturated heterocycles. The van der Waals surface area contributed by atoms with Crippen molar-refractivity contribution in [2.75, 3.05) is 36.2 Å². The molecule has 0 aliphatic carbocycles. The van der Waals surface area contributed by atoms with E-state index < -0.39 is 88.7 Å². The van der Waals surface area contributed by atoms with Gasteiger partial charge in [0, 0.05) is 84.2 Å². The number of anilines is 3. The van der Waals surface area contributed by atoms with Crippen molar-refractivity contribution >= 4 is 81.5 Å². The third-order valence-electron chi connectivity index (χ3n) is 16.1. The van der Waals surface area contributed by atoms with Crippen LogP contribution in [0.25, 0.3) is 10.9 Å². The van der Waals surface area contributed by atoms with Crippen molar-refractivity contribution in [3.8, 4) is 12.3 Å². The number of rotatable bonds is 29. The predicted octanol–water partition coefficient (Wildman–Crippen LogP) is 8.15. The van der Waals surface area contributed by atoms with Crippen LogP contribution in [0.15, 0.2) is 109 Å². The van der Waals surface area contributed by atoms with Gasteiger partial charge in [-0.2, -0.15) is 0 Å². The fourth-order valence-corrected chi connectivity index (χ4v) is 10.8. The molecular formula is C69H91N11O11. The standard InChI is InChI=1S/C69H91N11O11/c1-16-46-23-18-19-24-47(46)38-80(53-26-20-17-22-43(53)6)57(82)34-33-56(81)76-58(42(4)5)62(84)75-52(25-21-35-72-66(70)89)61(83)73-48-29-27-45(28-30-48)40-91-67(90)74-49-31-32-54-50(37-49)51(39-78(54)14)69(11,12)59(71-13)63(85)77-60(68(8,9)10)64(86)79(15)55(41(2)3)36-44(7)65(87)88/h1,17-20,22-24,26-32,36-37,39,41-42,52,55,58-60,71H,21,25,33-35,38,40H2,2-15H3,(H,73,83)(H,74,90)(H,75,84)(H,76,81)(H,77,85)(H,87,88)(H3,70,72,89)/b44-36+/t52-,55+,58-,59?,60+/m0/s1. The number of fused-ring (bicyclic) bond motifs is 1. The molecule has 22 heteroatoms. The van der Waals surface area contributed by atoms with Crippen LogP contribution in [0.5, 0.6) is 0 Å². The maximum Gasteiger partial charge on any atom is 0.411 e. The van der Waals surface area contributed by atoms with Gasteiger partial charge in [-0.1, -0.05) is 123 Å². The van der Waals surface area contributed by atoms with Gasteiger partial charge in [0.25, 0.3) is 0 Å². The summed E-state index contributed by atoms with van der Waals surface area (Å²) in [6, 6.07) is 21.2. The molecule has 1 heterocycles. The van der Waals surface area contributed by atoms with Crippen LogP contribution in [-0.2, 0) is 63.9 Å². The van der Waals surface area contributed by atoms with Gasteiger partial charge < -0.3 is 61.8 Å². The molecule has 9 amide bonds. The highest BCUT2D eigenvalue weighted by molar-refractivity contribution is 6.00. The first-order valence-corrected chi connectivity index (χ1v) is 30.4. The molecule has 0 bridgehead atoms. The minimum atomic E-state index is -1.13. The van der Waals surface area contributed by atoms with Crippen molar-refractivity contribution in [3.05, 3.63) is 137 Å². The molecule has 5 rings (SSSR count). The van der Waals surface area contributed by atoms with Crippen LogP contribution in [0.2, 0.25) is 0 Å². The number of hydrogen-bond donors (Lipinski definition) is 9. The van der Waals surface area contributed by atoms with Crippen LogP contribution in [-0.4, -0.2) is 119 Å².